The standard InChI is InChI=1S/C8H17O5P/c9-14(10)13-7-3-6-12-8-4-1-2-5-11-8/h8,14H,1-7H2,(H,9,10). The SMILES string of the molecule is O=[PH](O)OCCCOC1CCCCO1. The van der Waals surface area contributed by atoms with Crippen molar-refractivity contribution in [3.63, 3.8) is 0 Å². The van der Waals surface area contributed by atoms with Gasteiger partial charge >= 0.3 is 8.25 Å². The van der Waals surface area contributed by atoms with Crippen LogP contribution >= 0.6 is 8.25 Å². The average Bonchev–Trinajstić information content (AvgIpc) is 2.18. The molecule has 1 heterocycles. The molecule has 14 heavy (non-hydrogen) atoms. The molecule has 84 valence electrons. The van der Waals surface area contributed by atoms with Gasteiger partial charge in [0.15, 0.2) is 6.29 Å². The molecule has 1 N–H and O–H groups in total. The minimum atomic E-state index is -2.78. The molecule has 5 nitrogen and oxygen atoms in total. The van der Waals surface area contributed by atoms with E-state index in [0.717, 1.165) is 25.9 Å². The van der Waals surface area contributed by atoms with Gasteiger partial charge in [-0.25, -0.2) is 0 Å². The Bertz CT molecular complexity index is 169. The predicted octanol–water partition coefficient (Wildman–Crippen LogP) is 1.32. The van der Waals surface area contributed by atoms with Crippen LogP contribution in [0, 0.1) is 0 Å². The molecule has 0 aliphatic carbocycles. The van der Waals surface area contributed by atoms with E-state index in [0.29, 0.717) is 13.0 Å². The van der Waals surface area contributed by atoms with Gasteiger partial charge in [0.05, 0.1) is 13.2 Å². The highest BCUT2D eigenvalue weighted by molar-refractivity contribution is 7.32. The molecule has 6 heteroatoms. The Morgan fingerprint density at radius 1 is 1.43 bits per heavy atom. The van der Waals surface area contributed by atoms with Gasteiger partial charge in [-0.3, -0.25) is 4.57 Å². The third-order valence-corrected chi connectivity index (χ3v) is 2.41. The molecule has 2 atom stereocenters. The molecule has 2 unspecified atom stereocenters. The van der Waals surface area contributed by atoms with Gasteiger partial charge in [0.25, 0.3) is 0 Å². The van der Waals surface area contributed by atoms with Crippen LogP contribution in [0.1, 0.15) is 25.7 Å². The van der Waals surface area contributed by atoms with Gasteiger partial charge in [0.1, 0.15) is 0 Å². The summed E-state index contributed by atoms with van der Waals surface area (Å²) in [5.41, 5.74) is 0. The highest BCUT2D eigenvalue weighted by Crippen LogP contribution is 2.16. The molecule has 0 spiro atoms. The lowest BCUT2D eigenvalue weighted by molar-refractivity contribution is -0.163. The molecule has 1 aliphatic heterocycles. The summed E-state index contributed by atoms with van der Waals surface area (Å²) in [4.78, 5) is 8.36. The summed E-state index contributed by atoms with van der Waals surface area (Å²) in [5, 5.41) is 0. The maximum Gasteiger partial charge on any atom is 0.316 e. The fourth-order valence-corrected chi connectivity index (χ4v) is 1.59. The second kappa shape index (κ2) is 7.37. The molecular formula is C8H17O5P. The minimum Gasteiger partial charge on any atom is -0.353 e. The van der Waals surface area contributed by atoms with Crippen LogP contribution in [0.25, 0.3) is 0 Å². The van der Waals surface area contributed by atoms with E-state index >= 15 is 0 Å². The molecule has 1 fully saturated rings. The van der Waals surface area contributed by atoms with Crippen molar-refractivity contribution in [2.45, 2.75) is 32.0 Å². The molecule has 0 aromatic carbocycles. The summed E-state index contributed by atoms with van der Waals surface area (Å²) in [6.45, 7) is 1.55. The van der Waals surface area contributed by atoms with Crippen LogP contribution in [-0.4, -0.2) is 31.0 Å². The van der Waals surface area contributed by atoms with E-state index in [4.69, 9.17) is 14.4 Å². The molecule has 0 amide bonds. The molecular weight excluding hydrogens is 207 g/mol. The van der Waals surface area contributed by atoms with Crippen LogP contribution in [0.3, 0.4) is 0 Å². The summed E-state index contributed by atoms with van der Waals surface area (Å²) in [7, 11) is -2.78. The third kappa shape index (κ3) is 5.73. The Kier molecular flexibility index (Phi) is 6.39. The topological polar surface area (TPSA) is 65.0 Å². The number of rotatable bonds is 6. The first-order chi connectivity index (χ1) is 6.79. The second-order valence-corrected chi connectivity index (χ2v) is 3.96. The van der Waals surface area contributed by atoms with E-state index in [1.807, 2.05) is 0 Å². The zero-order valence-electron chi connectivity index (χ0n) is 8.11. The summed E-state index contributed by atoms with van der Waals surface area (Å²) in [5.74, 6) is 0. The van der Waals surface area contributed by atoms with Gasteiger partial charge in [-0.15, -0.1) is 0 Å². The summed E-state index contributed by atoms with van der Waals surface area (Å²) in [6, 6.07) is 0. The Morgan fingerprint density at radius 3 is 2.93 bits per heavy atom. The van der Waals surface area contributed by atoms with E-state index in [-0.39, 0.29) is 12.9 Å². The van der Waals surface area contributed by atoms with Crippen molar-refractivity contribution in [3.8, 4) is 0 Å². The second-order valence-electron chi connectivity index (χ2n) is 3.13. The van der Waals surface area contributed by atoms with Gasteiger partial charge in [-0.2, -0.15) is 0 Å². The van der Waals surface area contributed by atoms with Gasteiger partial charge in [-0.1, -0.05) is 0 Å². The zero-order chi connectivity index (χ0) is 10.2. The third-order valence-electron chi connectivity index (χ3n) is 1.96. The normalized spacial score (nSPS) is 24.8. The number of hydrogen-bond acceptors (Lipinski definition) is 4. The van der Waals surface area contributed by atoms with E-state index in [1.165, 1.54) is 0 Å². The lowest BCUT2D eigenvalue weighted by Crippen LogP contribution is -2.22. The van der Waals surface area contributed by atoms with E-state index in [9.17, 15) is 4.57 Å². The monoisotopic (exact) mass is 224 g/mol. The quantitative estimate of drug-likeness (QED) is 0.544. The fraction of sp³-hybridized carbons (Fsp3) is 1.00. The first-order valence-corrected chi connectivity index (χ1v) is 6.14. The predicted molar refractivity (Wildman–Crippen MR) is 51.3 cm³/mol. The maximum absolute atomic E-state index is 10.2. The summed E-state index contributed by atoms with van der Waals surface area (Å²) >= 11 is 0. The minimum absolute atomic E-state index is 0.0881. The smallest absolute Gasteiger partial charge is 0.316 e. The van der Waals surface area contributed by atoms with Crippen molar-refractivity contribution < 1.29 is 23.5 Å². The van der Waals surface area contributed by atoms with Gasteiger partial charge in [-0.05, 0) is 25.7 Å². The van der Waals surface area contributed by atoms with Gasteiger partial charge in [0, 0.05) is 6.61 Å². The number of hydrogen-bond donors (Lipinski definition) is 1. The Balaban J connectivity index is 1.90. The first-order valence-electron chi connectivity index (χ1n) is 4.88. The Labute approximate surface area is 84.3 Å². The molecule has 0 aromatic rings. The van der Waals surface area contributed by atoms with Crippen molar-refractivity contribution in [2.24, 2.45) is 0 Å². The zero-order valence-corrected chi connectivity index (χ0v) is 9.11. The largest absolute Gasteiger partial charge is 0.353 e. The van der Waals surface area contributed by atoms with Crippen molar-refractivity contribution in [3.05, 3.63) is 0 Å². The Morgan fingerprint density at radius 2 is 2.29 bits per heavy atom. The first kappa shape index (κ1) is 12.1. The van der Waals surface area contributed by atoms with Crippen LogP contribution in [-0.2, 0) is 18.6 Å². The van der Waals surface area contributed by atoms with Crippen LogP contribution < -0.4 is 0 Å². The molecule has 0 bridgehead atoms. The lowest BCUT2D eigenvalue weighted by atomic mass is 10.2. The van der Waals surface area contributed by atoms with Crippen molar-refractivity contribution in [2.75, 3.05) is 19.8 Å². The molecule has 0 saturated carbocycles. The van der Waals surface area contributed by atoms with Crippen LogP contribution in [0.2, 0.25) is 0 Å². The summed E-state index contributed by atoms with van der Waals surface area (Å²) < 4.78 is 25.4. The van der Waals surface area contributed by atoms with E-state index in [2.05, 4.69) is 4.52 Å². The van der Waals surface area contributed by atoms with E-state index < -0.39 is 8.25 Å². The highest BCUT2D eigenvalue weighted by atomic mass is 31.1. The fourth-order valence-electron chi connectivity index (χ4n) is 1.28. The maximum atomic E-state index is 10.2. The van der Waals surface area contributed by atoms with Crippen molar-refractivity contribution in [1.82, 2.24) is 0 Å². The van der Waals surface area contributed by atoms with Gasteiger partial charge < -0.3 is 18.9 Å². The molecule has 1 aliphatic rings. The van der Waals surface area contributed by atoms with Gasteiger partial charge in [0.2, 0.25) is 0 Å². The highest BCUT2D eigenvalue weighted by Gasteiger charge is 2.13. The van der Waals surface area contributed by atoms with Crippen LogP contribution in [0.15, 0.2) is 0 Å². The summed E-state index contributed by atoms with van der Waals surface area (Å²) in [6.07, 6.45) is 3.73. The van der Waals surface area contributed by atoms with Crippen LogP contribution in [0.4, 0.5) is 0 Å². The van der Waals surface area contributed by atoms with Crippen LogP contribution in [0.5, 0.6) is 0 Å². The molecule has 1 saturated heterocycles. The Hall–Kier alpha value is 0.0700. The number of ether oxygens (including phenoxy) is 2. The van der Waals surface area contributed by atoms with E-state index in [1.54, 1.807) is 0 Å². The average molecular weight is 224 g/mol. The molecule has 0 aromatic heterocycles. The van der Waals surface area contributed by atoms with Crippen molar-refractivity contribution in [1.29, 1.82) is 0 Å². The molecule has 0 radical (unpaired) electrons. The van der Waals surface area contributed by atoms with Crippen molar-refractivity contribution >= 4 is 8.25 Å². The lowest BCUT2D eigenvalue weighted by Gasteiger charge is -2.22. The molecule has 1 rings (SSSR count).